The van der Waals surface area contributed by atoms with E-state index >= 15 is 0 Å². The minimum atomic E-state index is -0.441. The zero-order valence-electron chi connectivity index (χ0n) is 11.4. The SMILES string of the molecule is O=[N+]([O-])c1ccc(-c2ncccc2-c2ccc(F)cc2)cc1. The summed E-state index contributed by atoms with van der Waals surface area (Å²) in [7, 11) is 0. The molecule has 2 aromatic carbocycles. The maximum absolute atomic E-state index is 13.1. The van der Waals surface area contributed by atoms with E-state index in [9.17, 15) is 14.5 Å². The number of pyridine rings is 1. The van der Waals surface area contributed by atoms with Crippen LogP contribution in [-0.2, 0) is 0 Å². The van der Waals surface area contributed by atoms with Crippen LogP contribution in [0.2, 0.25) is 0 Å². The molecule has 5 heteroatoms. The number of hydrogen-bond acceptors (Lipinski definition) is 3. The third-order valence-electron chi connectivity index (χ3n) is 3.31. The number of benzene rings is 2. The van der Waals surface area contributed by atoms with E-state index in [-0.39, 0.29) is 11.5 Å². The third-order valence-corrected chi connectivity index (χ3v) is 3.31. The molecule has 3 rings (SSSR count). The molecule has 22 heavy (non-hydrogen) atoms. The first-order valence-electron chi connectivity index (χ1n) is 6.61. The molecule has 3 aromatic rings. The summed E-state index contributed by atoms with van der Waals surface area (Å²) >= 11 is 0. The number of aromatic nitrogens is 1. The fourth-order valence-corrected chi connectivity index (χ4v) is 2.24. The Kier molecular flexibility index (Phi) is 3.62. The maximum Gasteiger partial charge on any atom is 0.269 e. The quantitative estimate of drug-likeness (QED) is 0.529. The van der Waals surface area contributed by atoms with Gasteiger partial charge in [-0.25, -0.2) is 4.39 Å². The monoisotopic (exact) mass is 294 g/mol. The average Bonchev–Trinajstić information content (AvgIpc) is 2.56. The topological polar surface area (TPSA) is 56.0 Å². The molecule has 0 fully saturated rings. The van der Waals surface area contributed by atoms with E-state index in [2.05, 4.69) is 4.98 Å². The van der Waals surface area contributed by atoms with E-state index in [0.29, 0.717) is 5.69 Å². The fraction of sp³-hybridized carbons (Fsp3) is 0. The van der Waals surface area contributed by atoms with Crippen molar-refractivity contribution >= 4 is 5.69 Å². The molecular weight excluding hydrogens is 283 g/mol. The van der Waals surface area contributed by atoms with Gasteiger partial charge in [-0.2, -0.15) is 0 Å². The van der Waals surface area contributed by atoms with E-state index < -0.39 is 4.92 Å². The highest BCUT2D eigenvalue weighted by Gasteiger charge is 2.10. The van der Waals surface area contributed by atoms with Crippen LogP contribution in [0.4, 0.5) is 10.1 Å². The van der Waals surface area contributed by atoms with Crippen molar-refractivity contribution in [2.45, 2.75) is 0 Å². The average molecular weight is 294 g/mol. The van der Waals surface area contributed by atoms with Crippen LogP contribution in [0, 0.1) is 15.9 Å². The van der Waals surface area contributed by atoms with Gasteiger partial charge in [-0.1, -0.05) is 18.2 Å². The molecule has 0 spiro atoms. The predicted octanol–water partition coefficient (Wildman–Crippen LogP) is 4.46. The first kappa shape index (κ1) is 13.9. The Hall–Kier alpha value is -3.08. The summed E-state index contributed by atoms with van der Waals surface area (Å²) in [5.41, 5.74) is 3.18. The number of rotatable bonds is 3. The van der Waals surface area contributed by atoms with Gasteiger partial charge in [-0.15, -0.1) is 0 Å². The Morgan fingerprint density at radius 3 is 2.18 bits per heavy atom. The highest BCUT2D eigenvalue weighted by molar-refractivity contribution is 5.80. The Bertz CT molecular complexity index is 815. The molecule has 0 aliphatic heterocycles. The van der Waals surface area contributed by atoms with E-state index in [4.69, 9.17) is 0 Å². The van der Waals surface area contributed by atoms with Gasteiger partial charge in [0, 0.05) is 29.5 Å². The van der Waals surface area contributed by atoms with Crippen molar-refractivity contribution in [3.05, 3.63) is 82.8 Å². The molecule has 1 heterocycles. The number of hydrogen-bond donors (Lipinski definition) is 0. The van der Waals surface area contributed by atoms with Gasteiger partial charge < -0.3 is 0 Å². The predicted molar refractivity (Wildman–Crippen MR) is 81.7 cm³/mol. The molecule has 0 radical (unpaired) electrons. The molecule has 0 aliphatic carbocycles. The Balaban J connectivity index is 2.08. The first-order valence-corrected chi connectivity index (χ1v) is 6.61. The normalized spacial score (nSPS) is 10.4. The zero-order valence-corrected chi connectivity index (χ0v) is 11.4. The maximum atomic E-state index is 13.1. The summed E-state index contributed by atoms with van der Waals surface area (Å²) in [6.45, 7) is 0. The lowest BCUT2D eigenvalue weighted by Gasteiger charge is -2.08. The summed E-state index contributed by atoms with van der Waals surface area (Å²) in [6.07, 6.45) is 1.66. The Labute approximate surface area is 126 Å². The lowest BCUT2D eigenvalue weighted by atomic mass is 9.99. The number of halogens is 1. The van der Waals surface area contributed by atoms with Gasteiger partial charge >= 0.3 is 0 Å². The number of nitrogens with zero attached hydrogens (tertiary/aromatic N) is 2. The highest BCUT2D eigenvalue weighted by Crippen LogP contribution is 2.31. The van der Waals surface area contributed by atoms with Crippen molar-refractivity contribution in [2.75, 3.05) is 0 Å². The standard InChI is InChI=1S/C17H11FN2O2/c18-14-7-3-12(4-8-14)16-2-1-11-19-17(16)13-5-9-15(10-6-13)20(21)22/h1-11H. The zero-order chi connectivity index (χ0) is 15.5. The summed E-state index contributed by atoms with van der Waals surface area (Å²) in [4.78, 5) is 14.6. The minimum Gasteiger partial charge on any atom is -0.258 e. The molecule has 1 aromatic heterocycles. The van der Waals surface area contributed by atoms with Crippen LogP contribution in [-0.4, -0.2) is 9.91 Å². The van der Waals surface area contributed by atoms with Crippen LogP contribution in [0.3, 0.4) is 0 Å². The lowest BCUT2D eigenvalue weighted by molar-refractivity contribution is -0.384. The smallest absolute Gasteiger partial charge is 0.258 e. The molecule has 0 saturated heterocycles. The van der Waals surface area contributed by atoms with Gasteiger partial charge in [0.1, 0.15) is 5.82 Å². The van der Waals surface area contributed by atoms with E-state index in [0.717, 1.165) is 16.7 Å². The van der Waals surface area contributed by atoms with Crippen LogP contribution in [0.5, 0.6) is 0 Å². The molecule has 0 atom stereocenters. The molecule has 108 valence electrons. The summed E-state index contributed by atoms with van der Waals surface area (Å²) in [5.74, 6) is -0.301. The Morgan fingerprint density at radius 2 is 1.55 bits per heavy atom. The molecular formula is C17H11FN2O2. The van der Waals surface area contributed by atoms with Crippen molar-refractivity contribution < 1.29 is 9.31 Å². The van der Waals surface area contributed by atoms with Crippen LogP contribution in [0.1, 0.15) is 0 Å². The number of nitro groups is 1. The van der Waals surface area contributed by atoms with Crippen molar-refractivity contribution in [3.63, 3.8) is 0 Å². The van der Waals surface area contributed by atoms with Gasteiger partial charge in [0.15, 0.2) is 0 Å². The van der Waals surface area contributed by atoms with Gasteiger partial charge in [-0.05, 0) is 35.9 Å². The molecule has 0 aliphatic rings. The summed E-state index contributed by atoms with van der Waals surface area (Å²) < 4.78 is 13.1. The summed E-state index contributed by atoms with van der Waals surface area (Å²) in [6, 6.07) is 16.0. The molecule has 0 bridgehead atoms. The van der Waals surface area contributed by atoms with Gasteiger partial charge in [0.25, 0.3) is 5.69 Å². The van der Waals surface area contributed by atoms with Crippen molar-refractivity contribution in [2.24, 2.45) is 0 Å². The minimum absolute atomic E-state index is 0.0306. The Morgan fingerprint density at radius 1 is 0.909 bits per heavy atom. The molecule has 0 N–H and O–H groups in total. The number of nitro benzene ring substituents is 1. The molecule has 0 amide bonds. The number of non-ortho nitro benzene ring substituents is 1. The molecule has 0 saturated carbocycles. The molecule has 0 unspecified atom stereocenters. The lowest BCUT2D eigenvalue weighted by Crippen LogP contribution is -1.91. The van der Waals surface area contributed by atoms with Gasteiger partial charge in [0.05, 0.1) is 10.6 Å². The van der Waals surface area contributed by atoms with E-state index in [1.54, 1.807) is 36.5 Å². The van der Waals surface area contributed by atoms with Gasteiger partial charge in [0.2, 0.25) is 0 Å². The third kappa shape index (κ3) is 2.69. The van der Waals surface area contributed by atoms with Crippen molar-refractivity contribution in [3.8, 4) is 22.4 Å². The second-order valence-corrected chi connectivity index (χ2v) is 4.71. The van der Waals surface area contributed by atoms with Crippen LogP contribution in [0.15, 0.2) is 66.9 Å². The largest absolute Gasteiger partial charge is 0.269 e. The fourth-order valence-electron chi connectivity index (χ4n) is 2.24. The second-order valence-electron chi connectivity index (χ2n) is 4.71. The van der Waals surface area contributed by atoms with Gasteiger partial charge in [-0.3, -0.25) is 15.1 Å². The highest BCUT2D eigenvalue weighted by atomic mass is 19.1. The second kappa shape index (κ2) is 5.73. The van der Waals surface area contributed by atoms with Crippen LogP contribution >= 0.6 is 0 Å². The van der Waals surface area contributed by atoms with Crippen LogP contribution in [0.25, 0.3) is 22.4 Å². The van der Waals surface area contributed by atoms with Crippen LogP contribution < -0.4 is 0 Å². The van der Waals surface area contributed by atoms with E-state index in [1.165, 1.54) is 24.3 Å². The van der Waals surface area contributed by atoms with Crippen molar-refractivity contribution in [1.29, 1.82) is 0 Å². The van der Waals surface area contributed by atoms with E-state index in [1.807, 2.05) is 6.07 Å². The summed E-state index contributed by atoms with van der Waals surface area (Å²) in [5, 5.41) is 10.7. The first-order chi connectivity index (χ1) is 10.6. The molecule has 4 nitrogen and oxygen atoms in total. The van der Waals surface area contributed by atoms with Crippen molar-refractivity contribution in [1.82, 2.24) is 4.98 Å².